The van der Waals surface area contributed by atoms with Crippen LogP contribution in [-0.4, -0.2) is 35.4 Å². The number of carboxylic acids is 1. The third-order valence-corrected chi connectivity index (χ3v) is 2.67. The zero-order valence-corrected chi connectivity index (χ0v) is 10.3. The Morgan fingerprint density at radius 3 is 2.78 bits per heavy atom. The largest absolute Gasteiger partial charge is 0.481 e. The minimum absolute atomic E-state index is 0.0313. The van der Waals surface area contributed by atoms with Crippen LogP contribution in [0.15, 0.2) is 18.2 Å². The van der Waals surface area contributed by atoms with Gasteiger partial charge in [-0.15, -0.1) is 0 Å². The topological polar surface area (TPSA) is 69.6 Å². The molecule has 0 heterocycles. The van der Waals surface area contributed by atoms with Crippen molar-refractivity contribution < 1.29 is 19.4 Å². The first-order valence-electron chi connectivity index (χ1n) is 5.84. The molecule has 1 aromatic rings. The Bertz CT molecular complexity index is 409. The van der Waals surface area contributed by atoms with Crippen molar-refractivity contribution in [1.29, 1.82) is 0 Å². The highest BCUT2D eigenvalue weighted by molar-refractivity contribution is 5.67. The van der Waals surface area contributed by atoms with Crippen LogP contribution >= 0.6 is 0 Å². The van der Waals surface area contributed by atoms with Gasteiger partial charge in [0.05, 0.1) is 13.0 Å². The molecule has 0 spiro atoms. The second kappa shape index (κ2) is 7.08. The van der Waals surface area contributed by atoms with Crippen molar-refractivity contribution in [3.05, 3.63) is 35.1 Å². The number of hydrogen-bond donors (Lipinski definition) is 3. The number of hydrogen-bond acceptors (Lipinski definition) is 3. The van der Waals surface area contributed by atoms with E-state index in [0.717, 1.165) is 5.56 Å². The molecule has 0 aromatic heterocycles. The van der Waals surface area contributed by atoms with Gasteiger partial charge in [0.1, 0.15) is 5.82 Å². The molecule has 0 radical (unpaired) electrons. The van der Waals surface area contributed by atoms with E-state index in [1.54, 1.807) is 19.1 Å². The Labute approximate surface area is 105 Å². The van der Waals surface area contributed by atoms with Gasteiger partial charge in [0.25, 0.3) is 0 Å². The second-order valence-corrected chi connectivity index (χ2v) is 4.26. The summed E-state index contributed by atoms with van der Waals surface area (Å²) in [6.07, 6.45) is 0.462. The molecule has 0 aliphatic heterocycles. The van der Waals surface area contributed by atoms with E-state index < -0.39 is 5.97 Å². The molecule has 0 saturated carbocycles. The van der Waals surface area contributed by atoms with Gasteiger partial charge in [-0.3, -0.25) is 4.79 Å². The molecule has 4 nitrogen and oxygen atoms in total. The Balaban J connectivity index is 2.68. The smallest absolute Gasteiger partial charge is 0.304 e. The van der Waals surface area contributed by atoms with Gasteiger partial charge >= 0.3 is 5.97 Å². The van der Waals surface area contributed by atoms with E-state index in [4.69, 9.17) is 10.2 Å². The van der Waals surface area contributed by atoms with E-state index in [1.165, 1.54) is 6.07 Å². The van der Waals surface area contributed by atoms with E-state index >= 15 is 0 Å². The minimum Gasteiger partial charge on any atom is -0.481 e. The average Bonchev–Trinajstić information content (AvgIpc) is 2.30. The normalized spacial score (nSPS) is 12.4. The van der Waals surface area contributed by atoms with Crippen LogP contribution in [0.5, 0.6) is 0 Å². The number of aryl methyl sites for hydroxylation is 1. The quantitative estimate of drug-likeness (QED) is 0.682. The molecule has 0 aliphatic rings. The molecule has 5 heteroatoms. The summed E-state index contributed by atoms with van der Waals surface area (Å²) in [5.41, 5.74) is 1.43. The average molecular weight is 255 g/mol. The Morgan fingerprint density at radius 2 is 2.22 bits per heavy atom. The molecule has 1 aromatic carbocycles. The van der Waals surface area contributed by atoms with Gasteiger partial charge in [-0.2, -0.15) is 0 Å². The van der Waals surface area contributed by atoms with E-state index in [-0.39, 0.29) is 24.9 Å². The lowest BCUT2D eigenvalue weighted by Crippen LogP contribution is -2.35. The molecular formula is C13H18FNO3. The highest BCUT2D eigenvalue weighted by Crippen LogP contribution is 2.12. The number of aliphatic hydroxyl groups is 1. The summed E-state index contributed by atoms with van der Waals surface area (Å²) in [5.74, 6) is -1.17. The Hall–Kier alpha value is -1.46. The zero-order chi connectivity index (χ0) is 13.5. The number of rotatable bonds is 7. The van der Waals surface area contributed by atoms with Crippen molar-refractivity contribution in [3.63, 3.8) is 0 Å². The maximum Gasteiger partial charge on any atom is 0.304 e. The number of benzene rings is 1. The minimum atomic E-state index is -0.899. The first-order chi connectivity index (χ1) is 8.52. The number of carboxylic acid groups (broad SMARTS) is 1. The molecule has 100 valence electrons. The lowest BCUT2D eigenvalue weighted by atomic mass is 10.0. The summed E-state index contributed by atoms with van der Waals surface area (Å²) >= 11 is 0. The molecular weight excluding hydrogens is 237 g/mol. The monoisotopic (exact) mass is 255 g/mol. The van der Waals surface area contributed by atoms with Crippen LogP contribution in [0.3, 0.4) is 0 Å². The molecule has 0 saturated heterocycles. The van der Waals surface area contributed by atoms with E-state index in [1.807, 2.05) is 0 Å². The third-order valence-electron chi connectivity index (χ3n) is 2.67. The van der Waals surface area contributed by atoms with Crippen LogP contribution in [-0.2, 0) is 11.2 Å². The fourth-order valence-electron chi connectivity index (χ4n) is 1.81. The summed E-state index contributed by atoms with van der Waals surface area (Å²) in [6, 6.07) is 4.48. The SMILES string of the molecule is Cc1cc(CC(CC(=O)O)NCCO)ccc1F. The fourth-order valence-corrected chi connectivity index (χ4v) is 1.81. The molecule has 1 atom stereocenters. The van der Waals surface area contributed by atoms with Crippen molar-refractivity contribution in [3.8, 4) is 0 Å². The van der Waals surface area contributed by atoms with Gasteiger partial charge in [-0.25, -0.2) is 4.39 Å². The molecule has 1 rings (SSSR count). The predicted molar refractivity (Wildman–Crippen MR) is 66.0 cm³/mol. The van der Waals surface area contributed by atoms with E-state index in [0.29, 0.717) is 18.5 Å². The van der Waals surface area contributed by atoms with Gasteiger partial charge in [0.2, 0.25) is 0 Å². The third kappa shape index (κ3) is 4.81. The van der Waals surface area contributed by atoms with Crippen LogP contribution in [0.1, 0.15) is 17.5 Å². The number of nitrogens with one attached hydrogen (secondary N) is 1. The first-order valence-corrected chi connectivity index (χ1v) is 5.84. The highest BCUT2D eigenvalue weighted by Gasteiger charge is 2.13. The van der Waals surface area contributed by atoms with Gasteiger partial charge in [-0.05, 0) is 30.5 Å². The van der Waals surface area contributed by atoms with Gasteiger partial charge in [0, 0.05) is 12.6 Å². The molecule has 0 aliphatic carbocycles. The van der Waals surface area contributed by atoms with Crippen molar-refractivity contribution in [2.45, 2.75) is 25.8 Å². The van der Waals surface area contributed by atoms with Crippen LogP contribution < -0.4 is 5.32 Å². The van der Waals surface area contributed by atoms with Gasteiger partial charge < -0.3 is 15.5 Å². The van der Waals surface area contributed by atoms with Crippen molar-refractivity contribution in [2.24, 2.45) is 0 Å². The molecule has 0 bridgehead atoms. The molecule has 3 N–H and O–H groups in total. The molecule has 18 heavy (non-hydrogen) atoms. The van der Waals surface area contributed by atoms with Crippen molar-refractivity contribution >= 4 is 5.97 Å². The standard InChI is InChI=1S/C13H18FNO3/c1-9-6-10(2-3-12(9)14)7-11(8-13(17)18)15-4-5-16/h2-3,6,11,15-16H,4-5,7-8H2,1H3,(H,17,18). The maximum atomic E-state index is 13.1. The molecule has 1 unspecified atom stereocenters. The second-order valence-electron chi connectivity index (χ2n) is 4.26. The Morgan fingerprint density at radius 1 is 1.50 bits per heavy atom. The summed E-state index contributed by atoms with van der Waals surface area (Å²) in [4.78, 5) is 10.7. The predicted octanol–water partition coefficient (Wildman–Crippen LogP) is 1.10. The van der Waals surface area contributed by atoms with E-state index in [9.17, 15) is 9.18 Å². The Kier molecular flexibility index (Phi) is 5.74. The van der Waals surface area contributed by atoms with Crippen molar-refractivity contribution in [1.82, 2.24) is 5.32 Å². The summed E-state index contributed by atoms with van der Waals surface area (Å²) in [5, 5.41) is 20.5. The van der Waals surface area contributed by atoms with Crippen LogP contribution in [0.2, 0.25) is 0 Å². The molecule has 0 amide bonds. The van der Waals surface area contributed by atoms with Crippen LogP contribution in [0.25, 0.3) is 0 Å². The van der Waals surface area contributed by atoms with Gasteiger partial charge in [0.15, 0.2) is 0 Å². The lowest BCUT2D eigenvalue weighted by Gasteiger charge is -2.16. The van der Waals surface area contributed by atoms with Crippen LogP contribution in [0.4, 0.5) is 4.39 Å². The number of aliphatic hydroxyl groups excluding tert-OH is 1. The summed E-state index contributed by atoms with van der Waals surface area (Å²) in [7, 11) is 0. The zero-order valence-electron chi connectivity index (χ0n) is 10.3. The first kappa shape index (κ1) is 14.6. The van der Waals surface area contributed by atoms with Gasteiger partial charge in [-0.1, -0.05) is 12.1 Å². The summed E-state index contributed by atoms with van der Waals surface area (Å²) < 4.78 is 13.1. The summed E-state index contributed by atoms with van der Waals surface area (Å²) in [6.45, 7) is 1.98. The number of aliphatic carboxylic acids is 1. The number of halogens is 1. The van der Waals surface area contributed by atoms with E-state index in [2.05, 4.69) is 5.32 Å². The lowest BCUT2D eigenvalue weighted by molar-refractivity contribution is -0.137. The number of carbonyl (C=O) groups is 1. The fraction of sp³-hybridized carbons (Fsp3) is 0.462. The van der Waals surface area contributed by atoms with Crippen LogP contribution in [0, 0.1) is 12.7 Å². The highest BCUT2D eigenvalue weighted by atomic mass is 19.1. The molecule has 0 fully saturated rings. The van der Waals surface area contributed by atoms with Crippen molar-refractivity contribution in [2.75, 3.05) is 13.2 Å². The maximum absolute atomic E-state index is 13.1.